The van der Waals surface area contributed by atoms with Crippen LogP contribution >= 0.6 is 0 Å². The summed E-state index contributed by atoms with van der Waals surface area (Å²) in [5.41, 5.74) is -0.259. The Balaban J connectivity index is 1.59. The second-order valence-electron chi connectivity index (χ2n) is 10.5. The van der Waals surface area contributed by atoms with Crippen molar-refractivity contribution >= 4 is 5.78 Å². The number of fused-ring (bicyclic) bond motifs is 4. The molecule has 1 heterocycles. The van der Waals surface area contributed by atoms with Gasteiger partial charge in [-0.2, -0.15) is 0 Å². The molecule has 0 unspecified atom stereocenters. The Morgan fingerprint density at radius 1 is 1.15 bits per heavy atom. The lowest BCUT2D eigenvalue weighted by Gasteiger charge is -2.67. The second-order valence-corrected chi connectivity index (χ2v) is 10.5. The standard InChI is InChI=1S/C22H32O4/c1-19(2)25-12-20(3)16-6-5-13-11-14-15(23)7-10-22(13,18(14)24)21(16,4)9-8-17(20)26-19/h5-6,13-14,16-18,24H,7-12H2,1-4H3/t13-,14+,16+,17-,18-,20+,21+,22-/m1/s1. The van der Waals surface area contributed by atoms with Crippen molar-refractivity contribution in [2.75, 3.05) is 6.61 Å². The zero-order valence-corrected chi connectivity index (χ0v) is 16.5. The minimum Gasteiger partial charge on any atom is -0.392 e. The number of allylic oxidation sites excluding steroid dienone is 2. The van der Waals surface area contributed by atoms with Crippen LogP contribution in [0.3, 0.4) is 0 Å². The van der Waals surface area contributed by atoms with E-state index in [1.165, 1.54) is 0 Å². The number of rotatable bonds is 0. The maximum Gasteiger partial charge on any atom is 0.163 e. The summed E-state index contributed by atoms with van der Waals surface area (Å²) in [7, 11) is 0. The van der Waals surface area contributed by atoms with Crippen molar-refractivity contribution in [3.05, 3.63) is 12.2 Å². The maximum atomic E-state index is 12.4. The van der Waals surface area contributed by atoms with Gasteiger partial charge in [-0.3, -0.25) is 4.79 Å². The van der Waals surface area contributed by atoms with Crippen LogP contribution in [0.2, 0.25) is 0 Å². The predicted octanol–water partition coefficient (Wildman–Crippen LogP) is 3.48. The summed E-state index contributed by atoms with van der Waals surface area (Å²) in [6.07, 6.45) is 8.77. The van der Waals surface area contributed by atoms with Crippen molar-refractivity contribution in [1.82, 2.24) is 0 Å². The van der Waals surface area contributed by atoms with Crippen molar-refractivity contribution < 1.29 is 19.4 Å². The van der Waals surface area contributed by atoms with Crippen LogP contribution in [-0.4, -0.2) is 35.5 Å². The number of hydrogen-bond donors (Lipinski definition) is 1. The lowest BCUT2D eigenvalue weighted by molar-refractivity contribution is -0.345. The number of hydrogen-bond acceptors (Lipinski definition) is 4. The first-order chi connectivity index (χ1) is 12.1. The van der Waals surface area contributed by atoms with Gasteiger partial charge >= 0.3 is 0 Å². The number of aliphatic hydroxyl groups is 1. The molecule has 4 heteroatoms. The fourth-order valence-corrected chi connectivity index (χ4v) is 7.77. The molecular formula is C22H32O4. The van der Waals surface area contributed by atoms with Crippen LogP contribution in [0.15, 0.2) is 12.2 Å². The monoisotopic (exact) mass is 360 g/mol. The molecular weight excluding hydrogens is 328 g/mol. The minimum absolute atomic E-state index is 0.0132. The third-order valence-corrected chi connectivity index (χ3v) is 9.09. The highest BCUT2D eigenvalue weighted by molar-refractivity contribution is 5.83. The van der Waals surface area contributed by atoms with Crippen LogP contribution in [0.5, 0.6) is 0 Å². The van der Waals surface area contributed by atoms with Gasteiger partial charge in [0.2, 0.25) is 0 Å². The number of carbonyl (C=O) groups excluding carboxylic acids is 1. The minimum atomic E-state index is -0.521. The van der Waals surface area contributed by atoms with Gasteiger partial charge in [0.25, 0.3) is 0 Å². The first-order valence-electron chi connectivity index (χ1n) is 10.3. The van der Waals surface area contributed by atoms with E-state index in [0.717, 1.165) is 25.7 Å². The van der Waals surface area contributed by atoms with Gasteiger partial charge in [0.15, 0.2) is 5.79 Å². The van der Waals surface area contributed by atoms with Gasteiger partial charge in [-0.25, -0.2) is 0 Å². The van der Waals surface area contributed by atoms with Gasteiger partial charge < -0.3 is 14.6 Å². The van der Waals surface area contributed by atoms with E-state index in [1.54, 1.807) is 0 Å². The highest BCUT2D eigenvalue weighted by atomic mass is 16.7. The number of ether oxygens (including phenoxy) is 2. The number of Topliss-reactive ketones (excluding diaryl/α,β-unsaturated/α-hetero) is 1. The van der Waals surface area contributed by atoms with Gasteiger partial charge in [0.05, 0.1) is 18.8 Å². The van der Waals surface area contributed by atoms with E-state index in [2.05, 4.69) is 26.0 Å². The van der Waals surface area contributed by atoms with E-state index in [-0.39, 0.29) is 34.1 Å². The molecule has 0 aromatic carbocycles. The molecule has 5 rings (SSSR count). The lowest BCUT2D eigenvalue weighted by atomic mass is 9.40. The molecule has 5 aliphatic rings. The average Bonchev–Trinajstić information content (AvgIpc) is 2.77. The molecule has 1 N–H and O–H groups in total. The normalized spacial score (nSPS) is 57.3. The van der Waals surface area contributed by atoms with Gasteiger partial charge in [0.1, 0.15) is 5.78 Å². The summed E-state index contributed by atoms with van der Waals surface area (Å²) in [5, 5.41) is 11.3. The third-order valence-electron chi connectivity index (χ3n) is 9.09. The molecule has 0 aromatic rings. The first-order valence-corrected chi connectivity index (χ1v) is 10.3. The van der Waals surface area contributed by atoms with E-state index < -0.39 is 11.9 Å². The molecule has 3 saturated carbocycles. The predicted molar refractivity (Wildman–Crippen MR) is 97.3 cm³/mol. The summed E-state index contributed by atoms with van der Waals surface area (Å²) >= 11 is 0. The molecule has 1 saturated heterocycles. The first kappa shape index (κ1) is 17.4. The molecule has 1 aliphatic heterocycles. The Morgan fingerprint density at radius 2 is 1.92 bits per heavy atom. The Kier molecular flexibility index (Phi) is 3.35. The highest BCUT2D eigenvalue weighted by Gasteiger charge is 2.72. The zero-order chi connectivity index (χ0) is 18.5. The maximum absolute atomic E-state index is 12.4. The van der Waals surface area contributed by atoms with Gasteiger partial charge in [-0.15, -0.1) is 0 Å². The molecule has 0 radical (unpaired) electrons. The van der Waals surface area contributed by atoms with Gasteiger partial charge in [0, 0.05) is 23.2 Å². The van der Waals surface area contributed by atoms with Crippen LogP contribution in [0, 0.1) is 34.0 Å². The average molecular weight is 360 g/mol. The summed E-state index contributed by atoms with van der Waals surface area (Å²) in [6.45, 7) is 9.39. The molecule has 26 heavy (non-hydrogen) atoms. The summed E-state index contributed by atoms with van der Waals surface area (Å²) in [6, 6.07) is 0. The smallest absolute Gasteiger partial charge is 0.163 e. The molecule has 8 atom stereocenters. The molecule has 0 amide bonds. The largest absolute Gasteiger partial charge is 0.392 e. The molecule has 4 nitrogen and oxygen atoms in total. The van der Waals surface area contributed by atoms with Crippen molar-refractivity contribution in [1.29, 1.82) is 0 Å². The SMILES string of the molecule is CC1(C)OC[C@]2(C)[C@@H](CC[C@@]3(C)[C@H]2C=C[C@@H]2C[C@H]4C(=O)CC[C@]23[C@@H]4O)O1. The van der Waals surface area contributed by atoms with Gasteiger partial charge in [-0.1, -0.05) is 26.0 Å². The second kappa shape index (κ2) is 5.01. The fourth-order valence-electron chi connectivity index (χ4n) is 7.77. The summed E-state index contributed by atoms with van der Waals surface area (Å²) < 4.78 is 12.5. The molecule has 1 spiro atoms. The topological polar surface area (TPSA) is 55.8 Å². The van der Waals surface area contributed by atoms with E-state index >= 15 is 0 Å². The number of carbonyl (C=O) groups is 1. The molecule has 4 fully saturated rings. The van der Waals surface area contributed by atoms with E-state index in [0.29, 0.717) is 24.9 Å². The van der Waals surface area contributed by atoms with E-state index in [1.807, 2.05) is 13.8 Å². The number of ketones is 1. The van der Waals surface area contributed by atoms with Crippen molar-refractivity contribution in [3.63, 3.8) is 0 Å². The van der Waals surface area contributed by atoms with Crippen LogP contribution in [0.4, 0.5) is 0 Å². The summed E-state index contributed by atoms with van der Waals surface area (Å²) in [4.78, 5) is 12.4. The fraction of sp³-hybridized carbons (Fsp3) is 0.864. The Bertz CT molecular complexity index is 684. The lowest BCUT2D eigenvalue weighted by Crippen LogP contribution is -2.67. The van der Waals surface area contributed by atoms with E-state index in [4.69, 9.17) is 9.47 Å². The van der Waals surface area contributed by atoms with Crippen LogP contribution < -0.4 is 0 Å². The van der Waals surface area contributed by atoms with Crippen molar-refractivity contribution in [3.8, 4) is 0 Å². The Morgan fingerprint density at radius 3 is 2.69 bits per heavy atom. The van der Waals surface area contributed by atoms with Gasteiger partial charge in [-0.05, 0) is 56.8 Å². The van der Waals surface area contributed by atoms with Crippen LogP contribution in [0.1, 0.15) is 59.8 Å². The molecule has 0 aromatic heterocycles. The Hall–Kier alpha value is -0.710. The molecule has 4 aliphatic carbocycles. The summed E-state index contributed by atoms with van der Waals surface area (Å²) in [5.74, 6) is 0.237. The van der Waals surface area contributed by atoms with Crippen LogP contribution in [-0.2, 0) is 14.3 Å². The van der Waals surface area contributed by atoms with Crippen molar-refractivity contribution in [2.24, 2.45) is 34.0 Å². The van der Waals surface area contributed by atoms with E-state index in [9.17, 15) is 9.90 Å². The van der Waals surface area contributed by atoms with Crippen LogP contribution in [0.25, 0.3) is 0 Å². The third kappa shape index (κ3) is 1.84. The molecule has 144 valence electrons. The van der Waals surface area contributed by atoms with Crippen molar-refractivity contribution in [2.45, 2.75) is 77.8 Å². The zero-order valence-electron chi connectivity index (χ0n) is 16.5. The number of aliphatic hydroxyl groups excluding tert-OH is 1. The highest BCUT2D eigenvalue weighted by Crippen LogP contribution is 2.72. The Labute approximate surface area is 156 Å². The quantitative estimate of drug-likeness (QED) is 0.672. The molecule has 2 bridgehead atoms.